The molecule has 0 spiro atoms. The second-order valence-electron chi connectivity index (χ2n) is 9.19. The molecule has 3 fully saturated rings. The lowest BCUT2D eigenvalue weighted by Crippen LogP contribution is -2.48. The van der Waals surface area contributed by atoms with Gasteiger partial charge in [0.05, 0.1) is 5.60 Å². The van der Waals surface area contributed by atoms with Crippen molar-refractivity contribution in [3.8, 4) is 0 Å². The van der Waals surface area contributed by atoms with Gasteiger partial charge in [0.2, 0.25) is 5.91 Å². The minimum atomic E-state index is -0.133. The molecule has 4 atom stereocenters. The average molecular weight is 372 g/mol. The fraction of sp³-hybridized carbons (Fsp3) is 0.682. The first-order valence-corrected chi connectivity index (χ1v) is 10.5. The molecule has 2 aliphatic heterocycles. The molecular weight excluding hydrogens is 338 g/mol. The maximum Gasteiger partial charge on any atom is 0.238 e. The van der Waals surface area contributed by atoms with Crippen LogP contribution < -0.4 is 16.2 Å². The number of rotatable bonds is 5. The minimum absolute atomic E-state index is 0.0630. The van der Waals surface area contributed by atoms with Gasteiger partial charge in [-0.3, -0.25) is 10.2 Å². The molecule has 1 aromatic rings. The van der Waals surface area contributed by atoms with Gasteiger partial charge in [0.25, 0.3) is 0 Å². The van der Waals surface area contributed by atoms with E-state index in [-0.39, 0.29) is 23.0 Å². The summed E-state index contributed by atoms with van der Waals surface area (Å²) in [6.07, 6.45) is 6.47. The molecule has 0 radical (unpaired) electrons. The fourth-order valence-corrected chi connectivity index (χ4v) is 5.54. The van der Waals surface area contributed by atoms with Crippen LogP contribution in [-0.2, 0) is 14.9 Å². The first kappa shape index (κ1) is 18.9. The molecule has 1 aliphatic carbocycles. The number of benzene rings is 1. The molecule has 5 nitrogen and oxygen atoms in total. The number of ether oxygens (including phenoxy) is 1. The van der Waals surface area contributed by atoms with E-state index in [1.807, 2.05) is 0 Å². The number of hydrogen-bond acceptors (Lipinski definition) is 4. The molecule has 1 amide bonds. The number of carbonyl (C=O) groups excluding carboxylic acids is 1. The average Bonchev–Trinajstić information content (AvgIpc) is 3.25. The van der Waals surface area contributed by atoms with E-state index in [0.717, 1.165) is 32.3 Å². The van der Waals surface area contributed by atoms with Crippen LogP contribution in [0.5, 0.6) is 0 Å². The summed E-state index contributed by atoms with van der Waals surface area (Å²) in [5.74, 6) is 0.585. The smallest absolute Gasteiger partial charge is 0.238 e. The fourth-order valence-electron chi connectivity index (χ4n) is 5.54. The maximum absolute atomic E-state index is 12.8. The second-order valence-corrected chi connectivity index (χ2v) is 9.19. The quantitative estimate of drug-likeness (QED) is 0.745. The molecule has 3 aliphatic rings. The lowest BCUT2D eigenvalue weighted by Gasteiger charge is -2.45. The van der Waals surface area contributed by atoms with Gasteiger partial charge in [-0.25, -0.2) is 5.43 Å². The van der Waals surface area contributed by atoms with Gasteiger partial charge in [-0.15, -0.1) is 0 Å². The summed E-state index contributed by atoms with van der Waals surface area (Å²) < 4.78 is 5.99. The predicted molar refractivity (Wildman–Crippen MR) is 106 cm³/mol. The van der Waals surface area contributed by atoms with Crippen molar-refractivity contribution < 1.29 is 9.53 Å². The van der Waals surface area contributed by atoms with Crippen LogP contribution in [-0.4, -0.2) is 36.7 Å². The summed E-state index contributed by atoms with van der Waals surface area (Å²) in [6.45, 7) is 5.83. The van der Waals surface area contributed by atoms with Gasteiger partial charge in [0.15, 0.2) is 0 Å². The third-order valence-electron chi connectivity index (χ3n) is 6.83. The SMILES string of the molecule is CC1(C)CC(CCNC(=O)C2NNC3CCCC32)(c2ccccc2)CCO1. The van der Waals surface area contributed by atoms with Crippen LogP contribution in [0.4, 0.5) is 0 Å². The Balaban J connectivity index is 1.41. The van der Waals surface area contributed by atoms with Crippen LogP contribution in [0.2, 0.25) is 0 Å². The number of amides is 1. The van der Waals surface area contributed by atoms with Crippen molar-refractivity contribution in [2.24, 2.45) is 5.92 Å². The number of carbonyl (C=O) groups is 1. The van der Waals surface area contributed by atoms with E-state index in [4.69, 9.17) is 4.74 Å². The van der Waals surface area contributed by atoms with Crippen LogP contribution in [0.1, 0.15) is 57.9 Å². The molecule has 2 heterocycles. The second kappa shape index (κ2) is 7.53. The summed E-state index contributed by atoms with van der Waals surface area (Å²) in [7, 11) is 0. The largest absolute Gasteiger partial charge is 0.376 e. The van der Waals surface area contributed by atoms with Crippen molar-refractivity contribution in [2.45, 2.75) is 75.5 Å². The van der Waals surface area contributed by atoms with E-state index < -0.39 is 0 Å². The van der Waals surface area contributed by atoms with Crippen LogP contribution >= 0.6 is 0 Å². The molecule has 0 bridgehead atoms. The van der Waals surface area contributed by atoms with E-state index in [2.05, 4.69) is 60.3 Å². The van der Waals surface area contributed by atoms with Gasteiger partial charge >= 0.3 is 0 Å². The lowest BCUT2D eigenvalue weighted by atomic mass is 9.67. The summed E-state index contributed by atoms with van der Waals surface area (Å²) in [5.41, 5.74) is 7.82. The van der Waals surface area contributed by atoms with Crippen molar-refractivity contribution in [1.82, 2.24) is 16.2 Å². The van der Waals surface area contributed by atoms with Crippen LogP contribution in [0.3, 0.4) is 0 Å². The summed E-state index contributed by atoms with van der Waals surface area (Å²) >= 11 is 0. The third kappa shape index (κ3) is 3.91. The molecule has 3 N–H and O–H groups in total. The lowest BCUT2D eigenvalue weighted by molar-refractivity contribution is -0.124. The van der Waals surface area contributed by atoms with E-state index in [9.17, 15) is 4.79 Å². The van der Waals surface area contributed by atoms with Gasteiger partial charge < -0.3 is 10.1 Å². The summed E-state index contributed by atoms with van der Waals surface area (Å²) in [5, 5.41) is 3.22. The zero-order chi connectivity index (χ0) is 18.9. The van der Waals surface area contributed by atoms with Crippen LogP contribution in [0.15, 0.2) is 30.3 Å². The van der Waals surface area contributed by atoms with Crippen molar-refractivity contribution in [3.05, 3.63) is 35.9 Å². The zero-order valence-electron chi connectivity index (χ0n) is 16.6. The highest BCUT2D eigenvalue weighted by Crippen LogP contribution is 2.43. The molecule has 1 aromatic carbocycles. The van der Waals surface area contributed by atoms with Crippen LogP contribution in [0.25, 0.3) is 0 Å². The Kier molecular flexibility index (Phi) is 5.28. The van der Waals surface area contributed by atoms with Crippen LogP contribution in [0, 0.1) is 5.92 Å². The number of fused-ring (bicyclic) bond motifs is 1. The number of hydrazine groups is 1. The highest BCUT2D eigenvalue weighted by Gasteiger charge is 2.44. The maximum atomic E-state index is 12.8. The Morgan fingerprint density at radius 2 is 2.04 bits per heavy atom. The zero-order valence-corrected chi connectivity index (χ0v) is 16.6. The van der Waals surface area contributed by atoms with Gasteiger partial charge in [-0.2, -0.15) is 0 Å². The normalized spacial score (nSPS) is 35.0. The van der Waals surface area contributed by atoms with Gasteiger partial charge in [-0.05, 0) is 51.5 Å². The first-order valence-electron chi connectivity index (χ1n) is 10.5. The van der Waals surface area contributed by atoms with E-state index in [1.165, 1.54) is 18.4 Å². The number of nitrogens with one attached hydrogen (secondary N) is 3. The molecule has 2 saturated heterocycles. The Morgan fingerprint density at radius 1 is 1.22 bits per heavy atom. The van der Waals surface area contributed by atoms with Crippen molar-refractivity contribution in [3.63, 3.8) is 0 Å². The molecular formula is C22H33N3O2. The van der Waals surface area contributed by atoms with E-state index in [0.29, 0.717) is 18.5 Å². The Labute approximate surface area is 162 Å². The summed E-state index contributed by atoms with van der Waals surface area (Å²) in [6, 6.07) is 11.1. The highest BCUT2D eigenvalue weighted by molar-refractivity contribution is 5.82. The van der Waals surface area contributed by atoms with Gasteiger partial charge in [-0.1, -0.05) is 36.8 Å². The predicted octanol–water partition coefficient (Wildman–Crippen LogP) is 2.66. The molecule has 4 unspecified atom stereocenters. The van der Waals surface area contributed by atoms with Crippen molar-refractivity contribution in [1.29, 1.82) is 0 Å². The third-order valence-corrected chi connectivity index (χ3v) is 6.83. The topological polar surface area (TPSA) is 62.4 Å². The van der Waals surface area contributed by atoms with Crippen molar-refractivity contribution in [2.75, 3.05) is 13.2 Å². The first-order chi connectivity index (χ1) is 13.0. The standard InChI is InChI=1S/C22H33N3O2/c1-21(2)15-22(12-14-27-21,16-7-4-3-5-8-16)11-13-23-20(26)19-17-9-6-10-18(17)24-25-19/h3-5,7-8,17-19,24-25H,6,9-15H2,1-2H3,(H,23,26). The molecule has 27 heavy (non-hydrogen) atoms. The minimum Gasteiger partial charge on any atom is -0.376 e. The van der Waals surface area contributed by atoms with Gasteiger partial charge in [0, 0.05) is 30.5 Å². The van der Waals surface area contributed by atoms with E-state index in [1.54, 1.807) is 0 Å². The molecule has 0 aromatic heterocycles. The monoisotopic (exact) mass is 371 g/mol. The highest BCUT2D eigenvalue weighted by atomic mass is 16.5. The number of hydrogen-bond donors (Lipinski definition) is 3. The Hall–Kier alpha value is -1.43. The Morgan fingerprint density at radius 3 is 2.81 bits per heavy atom. The molecule has 1 saturated carbocycles. The van der Waals surface area contributed by atoms with Gasteiger partial charge in [0.1, 0.15) is 6.04 Å². The molecule has 4 rings (SSSR count). The van der Waals surface area contributed by atoms with E-state index >= 15 is 0 Å². The Bertz CT molecular complexity index is 663. The van der Waals surface area contributed by atoms with Crippen molar-refractivity contribution >= 4 is 5.91 Å². The molecule has 148 valence electrons. The summed E-state index contributed by atoms with van der Waals surface area (Å²) in [4.78, 5) is 12.8. The molecule has 5 heteroatoms.